The lowest BCUT2D eigenvalue weighted by Gasteiger charge is -2.12. The lowest BCUT2D eigenvalue weighted by atomic mass is 10.1. The van der Waals surface area contributed by atoms with Crippen molar-refractivity contribution in [2.24, 2.45) is 4.99 Å². The van der Waals surface area contributed by atoms with E-state index in [1.54, 1.807) is 23.5 Å². The van der Waals surface area contributed by atoms with Gasteiger partial charge in [0.1, 0.15) is 5.82 Å². The Kier molecular flexibility index (Phi) is 5.59. The molecule has 0 spiro atoms. The molecular formula is C18H22ClFN4S. The van der Waals surface area contributed by atoms with Crippen LogP contribution in [0.1, 0.15) is 40.4 Å². The molecule has 1 aromatic heterocycles. The summed E-state index contributed by atoms with van der Waals surface area (Å²) in [6.45, 7) is 7.39. The van der Waals surface area contributed by atoms with Crippen LogP contribution in [0.2, 0.25) is 5.02 Å². The van der Waals surface area contributed by atoms with Crippen LogP contribution in [-0.2, 0) is 6.54 Å². The minimum Gasteiger partial charge on any atom is -0.357 e. The van der Waals surface area contributed by atoms with Crippen molar-refractivity contribution in [3.8, 4) is 0 Å². The third-order valence-corrected chi connectivity index (χ3v) is 5.59. The Morgan fingerprint density at radius 2 is 2.24 bits per heavy atom. The van der Waals surface area contributed by atoms with Crippen molar-refractivity contribution in [3.05, 3.63) is 50.2 Å². The largest absolute Gasteiger partial charge is 0.357 e. The Morgan fingerprint density at radius 1 is 1.44 bits per heavy atom. The number of hydrogen-bond donors (Lipinski definition) is 2. The number of aromatic nitrogens is 1. The zero-order valence-corrected chi connectivity index (χ0v) is 16.1. The van der Waals surface area contributed by atoms with E-state index in [0.717, 1.165) is 29.6 Å². The van der Waals surface area contributed by atoms with Gasteiger partial charge in [-0.3, -0.25) is 0 Å². The molecule has 1 saturated carbocycles. The number of aliphatic imine (C=N–C) groups is 1. The van der Waals surface area contributed by atoms with Crippen LogP contribution in [0, 0.1) is 19.7 Å². The molecule has 0 aliphatic heterocycles. The van der Waals surface area contributed by atoms with Crippen molar-refractivity contribution < 1.29 is 4.39 Å². The van der Waals surface area contributed by atoms with Crippen molar-refractivity contribution in [2.75, 3.05) is 6.54 Å². The maximum absolute atomic E-state index is 14.1. The molecule has 25 heavy (non-hydrogen) atoms. The Balaban J connectivity index is 1.67. The topological polar surface area (TPSA) is 49.3 Å². The highest BCUT2D eigenvalue weighted by molar-refractivity contribution is 7.11. The average Bonchev–Trinajstić information content (AvgIpc) is 3.21. The number of nitrogens with one attached hydrogen (secondary N) is 2. The number of nitrogens with zero attached hydrogens (tertiary/aromatic N) is 2. The molecule has 3 rings (SSSR count). The summed E-state index contributed by atoms with van der Waals surface area (Å²) >= 11 is 7.84. The lowest BCUT2D eigenvalue weighted by Crippen LogP contribution is -2.39. The number of benzene rings is 1. The lowest BCUT2D eigenvalue weighted by molar-refractivity contribution is 0.608. The van der Waals surface area contributed by atoms with E-state index in [0.29, 0.717) is 17.1 Å². The highest BCUT2D eigenvalue weighted by Gasteiger charge is 2.41. The first kappa shape index (κ1) is 18.1. The van der Waals surface area contributed by atoms with E-state index < -0.39 is 0 Å². The summed E-state index contributed by atoms with van der Waals surface area (Å²) in [6, 6.07) is 4.99. The number of halogens is 2. The average molecular weight is 381 g/mol. The molecular weight excluding hydrogens is 359 g/mol. The molecule has 0 radical (unpaired) electrons. The molecule has 7 heteroatoms. The molecule has 1 heterocycles. The molecule has 2 aromatic rings. The van der Waals surface area contributed by atoms with E-state index in [1.807, 2.05) is 20.8 Å². The third-order valence-electron chi connectivity index (χ3n) is 4.21. The Bertz CT molecular complexity index is 769. The number of aryl methyl sites for hydroxylation is 2. The smallest absolute Gasteiger partial charge is 0.191 e. The number of hydrogen-bond acceptors (Lipinski definition) is 3. The zero-order valence-electron chi connectivity index (χ0n) is 14.6. The van der Waals surface area contributed by atoms with Crippen molar-refractivity contribution in [3.63, 3.8) is 0 Å². The molecule has 1 aliphatic rings. The van der Waals surface area contributed by atoms with E-state index in [4.69, 9.17) is 11.6 Å². The summed E-state index contributed by atoms with van der Waals surface area (Å²) in [7, 11) is 0. The predicted molar refractivity (Wildman–Crippen MR) is 102 cm³/mol. The molecule has 134 valence electrons. The van der Waals surface area contributed by atoms with Gasteiger partial charge >= 0.3 is 0 Å². The van der Waals surface area contributed by atoms with Gasteiger partial charge in [-0.25, -0.2) is 14.4 Å². The summed E-state index contributed by atoms with van der Waals surface area (Å²) in [4.78, 5) is 10.2. The van der Waals surface area contributed by atoms with E-state index in [1.165, 1.54) is 10.9 Å². The third kappa shape index (κ3) is 4.30. The molecule has 2 N–H and O–H groups in total. The molecule has 0 saturated heterocycles. The highest BCUT2D eigenvalue weighted by Crippen LogP contribution is 2.44. The fourth-order valence-corrected chi connectivity index (χ4v) is 4.07. The number of rotatable bonds is 5. The first-order chi connectivity index (χ1) is 12.0. The minimum atomic E-state index is -0.237. The van der Waals surface area contributed by atoms with Crippen LogP contribution in [0.4, 0.5) is 4.39 Å². The summed E-state index contributed by atoms with van der Waals surface area (Å²) < 4.78 is 14.1. The zero-order chi connectivity index (χ0) is 18.0. The van der Waals surface area contributed by atoms with Crippen LogP contribution in [0.3, 0.4) is 0 Å². The van der Waals surface area contributed by atoms with Crippen LogP contribution >= 0.6 is 22.9 Å². The number of thiazole rings is 1. The van der Waals surface area contributed by atoms with Gasteiger partial charge < -0.3 is 10.6 Å². The molecule has 1 fully saturated rings. The van der Waals surface area contributed by atoms with Crippen LogP contribution < -0.4 is 10.6 Å². The Morgan fingerprint density at radius 3 is 2.88 bits per heavy atom. The first-order valence-electron chi connectivity index (χ1n) is 8.41. The van der Waals surface area contributed by atoms with Gasteiger partial charge in [0.15, 0.2) is 5.96 Å². The van der Waals surface area contributed by atoms with Crippen LogP contribution in [0.15, 0.2) is 23.2 Å². The predicted octanol–water partition coefficient (Wildman–Crippen LogP) is 4.16. The molecule has 0 bridgehead atoms. The molecule has 1 aromatic carbocycles. The van der Waals surface area contributed by atoms with Gasteiger partial charge in [0.05, 0.1) is 17.2 Å². The quantitative estimate of drug-likeness (QED) is 0.604. The molecule has 2 atom stereocenters. The second-order valence-corrected chi connectivity index (χ2v) is 7.86. The van der Waals surface area contributed by atoms with Gasteiger partial charge in [-0.15, -0.1) is 11.3 Å². The summed E-state index contributed by atoms with van der Waals surface area (Å²) in [6.07, 6.45) is 0.851. The van der Waals surface area contributed by atoms with E-state index in [9.17, 15) is 4.39 Å². The molecule has 2 unspecified atom stereocenters. The SMILES string of the molecule is CCNC(=NCc1sc(C)nc1C)NC1CC1c1c(F)cccc1Cl. The summed E-state index contributed by atoms with van der Waals surface area (Å²) in [5.74, 6) is 0.595. The van der Waals surface area contributed by atoms with Gasteiger partial charge in [-0.1, -0.05) is 17.7 Å². The van der Waals surface area contributed by atoms with Crippen molar-refractivity contribution >= 4 is 28.9 Å². The fourth-order valence-electron chi connectivity index (χ4n) is 2.91. The molecule has 0 amide bonds. The first-order valence-corrected chi connectivity index (χ1v) is 9.60. The van der Waals surface area contributed by atoms with E-state index >= 15 is 0 Å². The maximum Gasteiger partial charge on any atom is 0.191 e. The minimum absolute atomic E-state index is 0.0879. The Hall–Kier alpha value is -1.66. The van der Waals surface area contributed by atoms with Gasteiger partial charge in [0, 0.05) is 34.0 Å². The van der Waals surface area contributed by atoms with Gasteiger partial charge in [-0.2, -0.15) is 0 Å². The van der Waals surface area contributed by atoms with Gasteiger partial charge in [0.25, 0.3) is 0 Å². The van der Waals surface area contributed by atoms with Crippen molar-refractivity contribution in [2.45, 2.75) is 45.7 Å². The van der Waals surface area contributed by atoms with E-state index in [2.05, 4.69) is 20.6 Å². The van der Waals surface area contributed by atoms with Crippen LogP contribution in [-0.4, -0.2) is 23.5 Å². The van der Waals surface area contributed by atoms with Crippen LogP contribution in [0.5, 0.6) is 0 Å². The summed E-state index contributed by atoms with van der Waals surface area (Å²) in [5.41, 5.74) is 1.64. The second-order valence-electron chi connectivity index (χ2n) is 6.16. The number of guanidine groups is 1. The molecule has 4 nitrogen and oxygen atoms in total. The monoisotopic (exact) mass is 380 g/mol. The molecule has 1 aliphatic carbocycles. The van der Waals surface area contributed by atoms with E-state index in [-0.39, 0.29) is 17.8 Å². The second kappa shape index (κ2) is 7.70. The van der Waals surface area contributed by atoms with Crippen LogP contribution in [0.25, 0.3) is 0 Å². The standard InChI is InChI=1S/C18H22ClFN4S/c1-4-21-18(22-9-16-10(2)23-11(3)25-16)24-15-8-12(15)17-13(19)6-5-7-14(17)20/h5-7,12,15H,4,8-9H2,1-3H3,(H2,21,22,24). The summed E-state index contributed by atoms with van der Waals surface area (Å²) in [5, 5.41) is 8.18. The maximum atomic E-state index is 14.1. The van der Waals surface area contributed by atoms with Gasteiger partial charge in [0.2, 0.25) is 0 Å². The van der Waals surface area contributed by atoms with Crippen molar-refractivity contribution in [1.82, 2.24) is 15.6 Å². The Labute approximate surface area is 156 Å². The van der Waals surface area contributed by atoms with Crippen molar-refractivity contribution in [1.29, 1.82) is 0 Å². The normalized spacial score (nSPS) is 19.8. The fraction of sp³-hybridized carbons (Fsp3) is 0.444. The van der Waals surface area contributed by atoms with Gasteiger partial charge in [-0.05, 0) is 39.3 Å². The highest BCUT2D eigenvalue weighted by atomic mass is 35.5.